The summed E-state index contributed by atoms with van der Waals surface area (Å²) < 4.78 is 2.12. The maximum Gasteiger partial charge on any atom is 0.0945 e. The molecule has 3 heteroatoms. The monoisotopic (exact) mass is 229 g/mol. The van der Waals surface area contributed by atoms with Gasteiger partial charge in [-0.2, -0.15) is 0 Å². The first-order valence-corrected chi connectivity index (χ1v) is 5.98. The molecule has 17 heavy (non-hydrogen) atoms. The smallest absolute Gasteiger partial charge is 0.0945 e. The molecule has 0 atom stereocenters. The highest BCUT2D eigenvalue weighted by Gasteiger charge is 1.97. The number of hydrogen-bond donors (Lipinski definition) is 0. The zero-order chi connectivity index (χ0) is 12.1. The highest BCUT2D eigenvalue weighted by molar-refractivity contribution is 5.45. The molecule has 0 saturated carbocycles. The van der Waals surface area contributed by atoms with Gasteiger partial charge >= 0.3 is 0 Å². The van der Waals surface area contributed by atoms with Crippen molar-refractivity contribution < 1.29 is 0 Å². The van der Waals surface area contributed by atoms with Crippen molar-refractivity contribution in [2.24, 2.45) is 0 Å². The van der Waals surface area contributed by atoms with Gasteiger partial charge in [-0.05, 0) is 30.5 Å². The summed E-state index contributed by atoms with van der Waals surface area (Å²) in [4.78, 5) is 6.16. The molecular formula is C14H19N3. The van der Waals surface area contributed by atoms with Gasteiger partial charge in [0.25, 0.3) is 0 Å². The Bertz CT molecular complexity index is 429. The Hall–Kier alpha value is -1.77. The molecule has 1 aromatic heterocycles. The number of benzene rings is 1. The molecule has 0 aliphatic heterocycles. The number of rotatable bonds is 5. The molecule has 90 valence electrons. The second kappa shape index (κ2) is 5.53. The minimum absolute atomic E-state index is 1.04. The molecule has 3 nitrogen and oxygen atoms in total. The van der Waals surface area contributed by atoms with E-state index >= 15 is 0 Å². The molecule has 1 heterocycles. The summed E-state index contributed by atoms with van der Waals surface area (Å²) >= 11 is 0. The fraction of sp³-hybridized carbons (Fsp3) is 0.357. The quantitative estimate of drug-likeness (QED) is 0.785. The molecular weight excluding hydrogens is 210 g/mol. The summed E-state index contributed by atoms with van der Waals surface area (Å²) in [6, 6.07) is 8.77. The van der Waals surface area contributed by atoms with Crippen LogP contribution in [0.3, 0.4) is 0 Å². The summed E-state index contributed by atoms with van der Waals surface area (Å²) in [5, 5.41) is 0. The second-order valence-electron chi connectivity index (χ2n) is 4.46. The van der Waals surface area contributed by atoms with Gasteiger partial charge in [0.2, 0.25) is 0 Å². The topological polar surface area (TPSA) is 21.1 Å². The van der Waals surface area contributed by atoms with Gasteiger partial charge < -0.3 is 9.47 Å². The van der Waals surface area contributed by atoms with E-state index in [0.29, 0.717) is 0 Å². The maximum absolute atomic E-state index is 4.04. The third-order valence-corrected chi connectivity index (χ3v) is 2.89. The largest absolute Gasteiger partial charge is 0.378 e. The lowest BCUT2D eigenvalue weighted by Crippen LogP contribution is -2.08. The van der Waals surface area contributed by atoms with Crippen molar-refractivity contribution in [3.8, 4) is 0 Å². The highest BCUT2D eigenvalue weighted by atomic mass is 15.1. The predicted molar refractivity (Wildman–Crippen MR) is 71.3 cm³/mol. The van der Waals surface area contributed by atoms with E-state index in [4.69, 9.17) is 0 Å². The Labute approximate surface area is 103 Å². The van der Waals surface area contributed by atoms with Crippen LogP contribution in [0.1, 0.15) is 12.0 Å². The summed E-state index contributed by atoms with van der Waals surface area (Å²) in [7, 11) is 4.13. The summed E-state index contributed by atoms with van der Waals surface area (Å²) in [6.07, 6.45) is 7.97. The maximum atomic E-state index is 4.04. The molecule has 0 aliphatic rings. The minimum Gasteiger partial charge on any atom is -0.378 e. The Morgan fingerprint density at radius 2 is 1.94 bits per heavy atom. The lowest BCUT2D eigenvalue weighted by atomic mass is 10.1. The van der Waals surface area contributed by atoms with E-state index < -0.39 is 0 Å². The lowest BCUT2D eigenvalue weighted by molar-refractivity contribution is 0.642. The molecule has 1 aromatic carbocycles. The van der Waals surface area contributed by atoms with Crippen molar-refractivity contribution in [3.63, 3.8) is 0 Å². The molecule has 0 fully saturated rings. The summed E-state index contributed by atoms with van der Waals surface area (Å²) in [5.74, 6) is 0. The van der Waals surface area contributed by atoms with E-state index in [1.54, 1.807) is 0 Å². The second-order valence-corrected chi connectivity index (χ2v) is 4.46. The number of aromatic nitrogens is 2. The van der Waals surface area contributed by atoms with E-state index in [0.717, 1.165) is 19.4 Å². The molecule has 2 aromatic rings. The van der Waals surface area contributed by atoms with Crippen LogP contribution in [0, 0.1) is 0 Å². The van der Waals surface area contributed by atoms with Crippen molar-refractivity contribution >= 4 is 5.69 Å². The van der Waals surface area contributed by atoms with E-state index in [1.807, 2.05) is 18.7 Å². The standard InChI is InChI=1S/C14H19N3/c1-16(2)14-7-5-13(6-8-14)4-3-10-17-11-9-15-12-17/h5-9,11-12H,3-4,10H2,1-2H3. The fourth-order valence-electron chi connectivity index (χ4n) is 1.85. The van der Waals surface area contributed by atoms with Crippen LogP contribution >= 0.6 is 0 Å². The van der Waals surface area contributed by atoms with Gasteiger partial charge in [-0.3, -0.25) is 0 Å². The molecule has 0 aliphatic carbocycles. The van der Waals surface area contributed by atoms with Gasteiger partial charge in [0.05, 0.1) is 6.33 Å². The molecule has 0 unspecified atom stereocenters. The molecule has 2 rings (SSSR count). The molecule has 0 radical (unpaired) electrons. The van der Waals surface area contributed by atoms with Crippen molar-refractivity contribution in [3.05, 3.63) is 48.5 Å². The van der Waals surface area contributed by atoms with Gasteiger partial charge in [-0.25, -0.2) is 4.98 Å². The minimum atomic E-state index is 1.04. The normalized spacial score (nSPS) is 10.5. The van der Waals surface area contributed by atoms with Crippen LogP contribution in [-0.2, 0) is 13.0 Å². The predicted octanol–water partition coefficient (Wildman–Crippen LogP) is 2.58. The zero-order valence-corrected chi connectivity index (χ0v) is 10.5. The number of nitrogens with zero attached hydrogens (tertiary/aromatic N) is 3. The summed E-state index contributed by atoms with van der Waals surface area (Å²) in [6.45, 7) is 1.04. The Morgan fingerprint density at radius 3 is 2.53 bits per heavy atom. The SMILES string of the molecule is CN(C)c1ccc(CCCn2ccnc2)cc1. The average molecular weight is 229 g/mol. The third kappa shape index (κ3) is 3.34. The van der Waals surface area contributed by atoms with Crippen molar-refractivity contribution in [1.29, 1.82) is 0 Å². The van der Waals surface area contributed by atoms with Crippen molar-refractivity contribution in [1.82, 2.24) is 9.55 Å². The average Bonchev–Trinajstić information content (AvgIpc) is 2.83. The zero-order valence-electron chi connectivity index (χ0n) is 10.5. The van der Waals surface area contributed by atoms with Gasteiger partial charge in [0, 0.05) is 38.7 Å². The Morgan fingerprint density at radius 1 is 1.18 bits per heavy atom. The van der Waals surface area contributed by atoms with E-state index in [1.165, 1.54) is 11.3 Å². The van der Waals surface area contributed by atoms with Gasteiger partial charge in [-0.1, -0.05) is 12.1 Å². The number of hydrogen-bond acceptors (Lipinski definition) is 2. The lowest BCUT2D eigenvalue weighted by Gasteiger charge is -2.12. The van der Waals surface area contributed by atoms with Crippen LogP contribution in [0.2, 0.25) is 0 Å². The molecule has 0 amide bonds. The first kappa shape index (κ1) is 11.7. The first-order chi connectivity index (χ1) is 8.25. The number of anilines is 1. The van der Waals surface area contributed by atoms with Crippen LogP contribution in [-0.4, -0.2) is 23.6 Å². The highest BCUT2D eigenvalue weighted by Crippen LogP contribution is 2.13. The van der Waals surface area contributed by atoms with Crippen LogP contribution in [0.4, 0.5) is 5.69 Å². The molecule has 0 bridgehead atoms. The summed E-state index contributed by atoms with van der Waals surface area (Å²) in [5.41, 5.74) is 2.65. The van der Waals surface area contributed by atoms with E-state index in [2.05, 4.69) is 52.8 Å². The van der Waals surface area contributed by atoms with E-state index in [-0.39, 0.29) is 0 Å². The Balaban J connectivity index is 1.83. The van der Waals surface area contributed by atoms with Crippen molar-refractivity contribution in [2.45, 2.75) is 19.4 Å². The first-order valence-electron chi connectivity index (χ1n) is 5.98. The van der Waals surface area contributed by atoms with Crippen molar-refractivity contribution in [2.75, 3.05) is 19.0 Å². The molecule has 0 saturated heterocycles. The van der Waals surface area contributed by atoms with Gasteiger partial charge in [0.1, 0.15) is 0 Å². The van der Waals surface area contributed by atoms with E-state index in [9.17, 15) is 0 Å². The van der Waals surface area contributed by atoms with Crippen LogP contribution in [0.5, 0.6) is 0 Å². The molecule has 0 N–H and O–H groups in total. The van der Waals surface area contributed by atoms with Crippen LogP contribution in [0.25, 0.3) is 0 Å². The van der Waals surface area contributed by atoms with Crippen LogP contribution in [0.15, 0.2) is 43.0 Å². The third-order valence-electron chi connectivity index (χ3n) is 2.89. The van der Waals surface area contributed by atoms with Gasteiger partial charge in [0.15, 0.2) is 0 Å². The fourth-order valence-corrected chi connectivity index (χ4v) is 1.85. The Kier molecular flexibility index (Phi) is 3.81. The number of imidazole rings is 1. The number of aryl methyl sites for hydroxylation is 2. The van der Waals surface area contributed by atoms with Crippen LogP contribution < -0.4 is 4.90 Å². The molecule has 0 spiro atoms. The van der Waals surface area contributed by atoms with Gasteiger partial charge in [-0.15, -0.1) is 0 Å².